The van der Waals surface area contributed by atoms with Gasteiger partial charge in [0.25, 0.3) is 23.6 Å². The number of amides is 4. The van der Waals surface area contributed by atoms with Crippen molar-refractivity contribution >= 4 is 81.7 Å². The van der Waals surface area contributed by atoms with E-state index in [-0.39, 0.29) is 23.6 Å². The fraction of sp³-hybridized carbons (Fsp3) is 0.167. The molecule has 10 heteroatoms. The number of thioether (sulfide) groups is 2. The summed E-state index contributed by atoms with van der Waals surface area (Å²) in [6.07, 6.45) is 2.64. The van der Waals surface area contributed by atoms with Crippen molar-refractivity contribution in [2.45, 2.75) is 23.6 Å². The Balaban J connectivity index is 1.48. The summed E-state index contributed by atoms with van der Waals surface area (Å²) in [6, 6.07) is 10.1. The normalized spacial score (nSPS) is 16.0. The van der Waals surface area contributed by atoms with Crippen LogP contribution in [0.1, 0.15) is 13.8 Å². The second-order valence-electron chi connectivity index (χ2n) is 7.53. The Morgan fingerprint density at radius 2 is 1.06 bits per heavy atom. The number of halogens is 2. The van der Waals surface area contributed by atoms with Gasteiger partial charge in [-0.2, -0.15) is 0 Å². The highest BCUT2D eigenvalue weighted by atomic mass is 35.5. The van der Waals surface area contributed by atoms with E-state index < -0.39 is 0 Å². The second-order valence-corrected chi connectivity index (χ2v) is 10.7. The van der Waals surface area contributed by atoms with E-state index in [2.05, 4.69) is 0 Å². The third-order valence-corrected chi connectivity index (χ3v) is 7.95. The van der Waals surface area contributed by atoms with Gasteiger partial charge in [-0.25, -0.2) is 9.80 Å². The molecule has 0 fully saturated rings. The number of anilines is 2. The summed E-state index contributed by atoms with van der Waals surface area (Å²) < 4.78 is 0. The smallest absolute Gasteiger partial charge is 0.261 e. The molecular weight excluding hydrogens is 515 g/mol. The highest BCUT2D eigenvalue weighted by Crippen LogP contribution is 2.38. The highest BCUT2D eigenvalue weighted by Gasteiger charge is 2.32. The van der Waals surface area contributed by atoms with E-state index in [4.69, 9.17) is 23.2 Å². The number of nitrogens with zero attached hydrogens (tertiary/aromatic N) is 2. The van der Waals surface area contributed by atoms with Crippen molar-refractivity contribution in [2.24, 2.45) is 0 Å². The number of imide groups is 2. The van der Waals surface area contributed by atoms with Gasteiger partial charge >= 0.3 is 0 Å². The van der Waals surface area contributed by atoms with Crippen LogP contribution in [0.2, 0.25) is 10.0 Å². The number of carbonyl (C=O) groups is 4. The first-order valence-electron chi connectivity index (χ1n) is 10.2. The van der Waals surface area contributed by atoms with Crippen LogP contribution in [0.25, 0.3) is 0 Å². The Kier molecular flexibility index (Phi) is 7.23. The molecule has 2 aliphatic rings. The molecule has 0 atom stereocenters. The first-order chi connectivity index (χ1) is 16.2. The molecule has 34 heavy (non-hydrogen) atoms. The van der Waals surface area contributed by atoms with E-state index in [1.807, 2.05) is 0 Å². The van der Waals surface area contributed by atoms with Gasteiger partial charge in [0, 0.05) is 54.6 Å². The number of carbonyl (C=O) groups excluding carboxylic acids is 4. The predicted molar refractivity (Wildman–Crippen MR) is 137 cm³/mol. The maximum absolute atomic E-state index is 12.5. The summed E-state index contributed by atoms with van der Waals surface area (Å²) in [5.41, 5.74) is 1.74. The monoisotopic (exact) mass is 532 g/mol. The minimum absolute atomic E-state index is 0.351. The maximum atomic E-state index is 12.5. The maximum Gasteiger partial charge on any atom is 0.261 e. The molecule has 2 heterocycles. The zero-order valence-electron chi connectivity index (χ0n) is 18.1. The zero-order chi connectivity index (χ0) is 24.6. The Bertz CT molecular complexity index is 1210. The lowest BCUT2D eigenvalue weighted by Gasteiger charge is -2.19. The van der Waals surface area contributed by atoms with E-state index in [9.17, 15) is 19.2 Å². The first kappa shape index (κ1) is 24.6. The van der Waals surface area contributed by atoms with E-state index in [0.29, 0.717) is 53.9 Å². The minimum Gasteiger partial charge on any atom is -0.269 e. The Morgan fingerprint density at radius 1 is 0.676 bits per heavy atom. The van der Waals surface area contributed by atoms with Crippen LogP contribution in [-0.2, 0) is 19.2 Å². The summed E-state index contributed by atoms with van der Waals surface area (Å²) in [4.78, 5) is 53.3. The van der Waals surface area contributed by atoms with Crippen LogP contribution >= 0.6 is 46.7 Å². The number of hydrogen-bond donors (Lipinski definition) is 0. The molecule has 2 aromatic rings. The van der Waals surface area contributed by atoms with Gasteiger partial charge in [-0.05, 0) is 50.2 Å². The largest absolute Gasteiger partial charge is 0.269 e. The number of rotatable bonds is 7. The van der Waals surface area contributed by atoms with Gasteiger partial charge in [-0.1, -0.05) is 23.2 Å². The summed E-state index contributed by atoms with van der Waals surface area (Å²) >= 11 is 15.3. The average molecular weight is 533 g/mol. The molecule has 0 bridgehead atoms. The van der Waals surface area contributed by atoms with E-state index in [1.54, 1.807) is 50.2 Å². The molecule has 0 radical (unpaired) electrons. The Morgan fingerprint density at radius 3 is 1.38 bits per heavy atom. The molecule has 0 aromatic heterocycles. The van der Waals surface area contributed by atoms with Gasteiger partial charge in [0.15, 0.2) is 0 Å². The van der Waals surface area contributed by atoms with Gasteiger partial charge in [0.05, 0.1) is 11.4 Å². The lowest BCUT2D eigenvalue weighted by Crippen LogP contribution is -2.31. The molecule has 0 aliphatic carbocycles. The fourth-order valence-electron chi connectivity index (χ4n) is 3.51. The molecule has 4 amide bonds. The van der Waals surface area contributed by atoms with Gasteiger partial charge in [0.1, 0.15) is 0 Å². The number of hydrogen-bond acceptors (Lipinski definition) is 6. The topological polar surface area (TPSA) is 74.8 Å². The summed E-state index contributed by atoms with van der Waals surface area (Å²) in [5.74, 6) is -0.258. The van der Waals surface area contributed by atoms with Gasteiger partial charge in [0.2, 0.25) is 0 Å². The third kappa shape index (κ3) is 4.81. The minimum atomic E-state index is -0.381. The van der Waals surface area contributed by atoms with Crippen LogP contribution in [-0.4, -0.2) is 35.1 Å². The SMILES string of the molecule is CC1=CC(=O)N(c2ccc(Cl)cc2SCCSc2cc(Cl)ccc2N2C(=O)C=C(C)C2=O)C1=O. The molecular formula is C24H18Cl2N2O4S2. The van der Waals surface area contributed by atoms with Crippen molar-refractivity contribution in [3.63, 3.8) is 0 Å². The first-order valence-corrected chi connectivity index (χ1v) is 12.9. The summed E-state index contributed by atoms with van der Waals surface area (Å²) in [6.45, 7) is 3.21. The Labute approximate surface area is 214 Å². The van der Waals surface area contributed by atoms with Crippen LogP contribution in [0, 0.1) is 0 Å². The van der Waals surface area contributed by atoms with E-state index in [1.165, 1.54) is 35.7 Å². The van der Waals surface area contributed by atoms with Crippen LogP contribution in [0.5, 0.6) is 0 Å². The van der Waals surface area contributed by atoms with Crippen molar-refractivity contribution in [1.82, 2.24) is 0 Å². The molecule has 6 nitrogen and oxygen atoms in total. The molecule has 0 saturated carbocycles. The summed E-state index contributed by atoms with van der Waals surface area (Å²) in [7, 11) is 0. The van der Waals surface area contributed by atoms with Crippen molar-refractivity contribution in [3.8, 4) is 0 Å². The van der Waals surface area contributed by atoms with E-state index >= 15 is 0 Å². The standard InChI is InChI=1S/C24H18Cl2N2O4S2/c1-13-9-21(29)27(23(13)31)17-5-3-15(25)11-19(17)33-7-8-34-20-12-16(26)4-6-18(20)28-22(30)10-14(2)24(28)32/h3-6,9-12H,7-8H2,1-2H3. The summed E-state index contributed by atoms with van der Waals surface area (Å²) in [5, 5.41) is 0.988. The van der Waals surface area contributed by atoms with Crippen LogP contribution in [0.15, 0.2) is 69.5 Å². The fourth-order valence-corrected chi connectivity index (χ4v) is 6.13. The average Bonchev–Trinajstić information content (AvgIpc) is 3.18. The predicted octanol–water partition coefficient (Wildman–Crippen LogP) is 5.52. The van der Waals surface area contributed by atoms with Gasteiger partial charge in [-0.15, -0.1) is 23.5 Å². The lowest BCUT2D eigenvalue weighted by molar-refractivity contribution is -0.121. The quantitative estimate of drug-likeness (QED) is 0.265. The van der Waals surface area contributed by atoms with Gasteiger partial charge in [-0.3, -0.25) is 19.2 Å². The molecule has 2 aliphatic heterocycles. The molecule has 0 spiro atoms. The zero-order valence-corrected chi connectivity index (χ0v) is 21.3. The third-order valence-electron chi connectivity index (χ3n) is 5.13. The lowest BCUT2D eigenvalue weighted by atomic mass is 10.2. The van der Waals surface area contributed by atoms with Crippen LogP contribution < -0.4 is 9.80 Å². The van der Waals surface area contributed by atoms with Crippen molar-refractivity contribution in [2.75, 3.05) is 21.3 Å². The molecule has 0 unspecified atom stereocenters. The van der Waals surface area contributed by atoms with Crippen LogP contribution in [0.4, 0.5) is 11.4 Å². The Hall–Kier alpha value is -2.52. The molecule has 0 N–H and O–H groups in total. The molecule has 4 rings (SSSR count). The highest BCUT2D eigenvalue weighted by molar-refractivity contribution is 8.03. The van der Waals surface area contributed by atoms with Crippen LogP contribution in [0.3, 0.4) is 0 Å². The van der Waals surface area contributed by atoms with Crippen molar-refractivity contribution < 1.29 is 19.2 Å². The van der Waals surface area contributed by atoms with Crippen molar-refractivity contribution in [1.29, 1.82) is 0 Å². The molecule has 2 aromatic carbocycles. The second kappa shape index (κ2) is 10.00. The van der Waals surface area contributed by atoms with Crippen molar-refractivity contribution in [3.05, 3.63) is 69.7 Å². The van der Waals surface area contributed by atoms with Gasteiger partial charge < -0.3 is 0 Å². The number of benzene rings is 2. The molecule has 174 valence electrons. The molecule has 0 saturated heterocycles. The van der Waals surface area contributed by atoms with E-state index in [0.717, 1.165) is 9.80 Å².